The van der Waals surface area contributed by atoms with Gasteiger partial charge in [0.2, 0.25) is 0 Å². The summed E-state index contributed by atoms with van der Waals surface area (Å²) in [4.78, 5) is 11.4. The first kappa shape index (κ1) is 14.0. The first-order chi connectivity index (χ1) is 9.65. The van der Waals surface area contributed by atoms with E-state index < -0.39 is 0 Å². The molecular formula is C16H26N4. The predicted molar refractivity (Wildman–Crippen MR) is 80.5 cm³/mol. The molecule has 3 atom stereocenters. The molecule has 3 unspecified atom stereocenters. The zero-order chi connectivity index (χ0) is 14.1. The number of hydrogen-bond donors (Lipinski definition) is 1. The van der Waals surface area contributed by atoms with Crippen LogP contribution in [0.4, 0.5) is 0 Å². The summed E-state index contributed by atoms with van der Waals surface area (Å²) in [5.74, 6) is 0.822. The highest BCUT2D eigenvalue weighted by molar-refractivity contribution is 5.12. The quantitative estimate of drug-likeness (QED) is 0.915. The van der Waals surface area contributed by atoms with E-state index >= 15 is 0 Å². The summed E-state index contributed by atoms with van der Waals surface area (Å²) >= 11 is 0. The van der Waals surface area contributed by atoms with E-state index in [9.17, 15) is 0 Å². The lowest BCUT2D eigenvalue weighted by atomic mass is 9.91. The van der Waals surface area contributed by atoms with Gasteiger partial charge >= 0.3 is 0 Å². The van der Waals surface area contributed by atoms with Crippen LogP contribution in [0.15, 0.2) is 12.4 Å². The first-order valence-electron chi connectivity index (χ1n) is 7.88. The van der Waals surface area contributed by atoms with Crippen LogP contribution in [0.5, 0.6) is 0 Å². The molecule has 4 heteroatoms. The van der Waals surface area contributed by atoms with Crippen molar-refractivity contribution in [2.24, 2.45) is 5.92 Å². The highest BCUT2D eigenvalue weighted by Crippen LogP contribution is 2.37. The van der Waals surface area contributed by atoms with Crippen LogP contribution < -0.4 is 5.32 Å². The van der Waals surface area contributed by atoms with Gasteiger partial charge in [0.05, 0.1) is 11.4 Å². The molecule has 2 fully saturated rings. The van der Waals surface area contributed by atoms with Crippen molar-refractivity contribution >= 4 is 0 Å². The number of fused-ring (bicyclic) bond motifs is 2. The summed E-state index contributed by atoms with van der Waals surface area (Å²) in [6.45, 7) is 5.34. The average molecular weight is 274 g/mol. The monoisotopic (exact) mass is 274 g/mol. The Hall–Kier alpha value is -1.00. The zero-order valence-corrected chi connectivity index (χ0v) is 12.8. The average Bonchev–Trinajstić information content (AvgIpc) is 2.66. The standard InChI is InChI=1S/C16H26N4/c1-11-16(18-7-6-17-11)12(2)19-10-13-8-14-4-5-15(9-13)20(14)3/h6-7,12-15,19H,4-5,8-10H2,1-3H3. The lowest BCUT2D eigenvalue weighted by Crippen LogP contribution is -2.42. The van der Waals surface area contributed by atoms with E-state index in [2.05, 4.69) is 34.2 Å². The number of piperidine rings is 1. The van der Waals surface area contributed by atoms with Gasteiger partial charge in [0.1, 0.15) is 0 Å². The molecule has 0 radical (unpaired) electrons. The Labute approximate surface area is 122 Å². The minimum Gasteiger partial charge on any atom is -0.309 e. The van der Waals surface area contributed by atoms with Gasteiger partial charge in [-0.05, 0) is 59.0 Å². The molecule has 0 saturated carbocycles. The van der Waals surface area contributed by atoms with Gasteiger partial charge in [0.15, 0.2) is 0 Å². The Kier molecular flexibility index (Phi) is 4.03. The summed E-state index contributed by atoms with van der Waals surface area (Å²) in [5.41, 5.74) is 2.12. The molecule has 1 aromatic heterocycles. The molecule has 3 heterocycles. The van der Waals surface area contributed by atoms with E-state index in [4.69, 9.17) is 0 Å². The second kappa shape index (κ2) is 5.78. The van der Waals surface area contributed by atoms with Gasteiger partial charge in [-0.1, -0.05) is 0 Å². The molecule has 0 aromatic carbocycles. The molecule has 1 aromatic rings. The Morgan fingerprint density at radius 2 is 1.90 bits per heavy atom. The fourth-order valence-corrected chi connectivity index (χ4v) is 3.97. The lowest BCUT2D eigenvalue weighted by Gasteiger charge is -2.36. The highest BCUT2D eigenvalue weighted by Gasteiger charge is 2.38. The molecule has 4 nitrogen and oxygen atoms in total. The van der Waals surface area contributed by atoms with Crippen molar-refractivity contribution in [2.45, 2.75) is 57.7 Å². The second-order valence-corrected chi connectivity index (χ2v) is 6.54. The van der Waals surface area contributed by atoms with Gasteiger partial charge in [0, 0.05) is 30.5 Å². The van der Waals surface area contributed by atoms with E-state index in [1.165, 1.54) is 25.7 Å². The number of rotatable bonds is 4. The van der Waals surface area contributed by atoms with Crippen LogP contribution >= 0.6 is 0 Å². The van der Waals surface area contributed by atoms with Gasteiger partial charge < -0.3 is 10.2 Å². The molecule has 2 saturated heterocycles. The van der Waals surface area contributed by atoms with Crippen molar-refractivity contribution in [1.29, 1.82) is 0 Å². The van der Waals surface area contributed by atoms with Gasteiger partial charge in [-0.2, -0.15) is 0 Å². The van der Waals surface area contributed by atoms with Gasteiger partial charge in [-0.3, -0.25) is 9.97 Å². The maximum atomic E-state index is 4.46. The van der Waals surface area contributed by atoms with Crippen LogP contribution in [0.3, 0.4) is 0 Å². The summed E-state index contributed by atoms with van der Waals surface area (Å²) < 4.78 is 0. The largest absolute Gasteiger partial charge is 0.309 e. The molecule has 2 aliphatic heterocycles. The number of nitrogens with zero attached hydrogens (tertiary/aromatic N) is 3. The molecule has 3 rings (SSSR count). The molecule has 2 aliphatic rings. The Morgan fingerprint density at radius 3 is 2.55 bits per heavy atom. The Bertz CT molecular complexity index is 448. The Balaban J connectivity index is 1.54. The molecule has 110 valence electrons. The number of hydrogen-bond acceptors (Lipinski definition) is 4. The number of nitrogens with one attached hydrogen (secondary N) is 1. The third-order valence-electron chi connectivity index (χ3n) is 5.24. The van der Waals surface area contributed by atoms with E-state index in [-0.39, 0.29) is 0 Å². The second-order valence-electron chi connectivity index (χ2n) is 6.54. The lowest BCUT2D eigenvalue weighted by molar-refractivity contribution is 0.131. The van der Waals surface area contributed by atoms with E-state index in [0.717, 1.165) is 35.9 Å². The van der Waals surface area contributed by atoms with E-state index in [1.54, 1.807) is 12.4 Å². The van der Waals surface area contributed by atoms with Crippen molar-refractivity contribution in [1.82, 2.24) is 20.2 Å². The minimum atomic E-state index is 0.293. The molecule has 20 heavy (non-hydrogen) atoms. The highest BCUT2D eigenvalue weighted by atomic mass is 15.2. The van der Waals surface area contributed by atoms with Crippen LogP contribution in [0.1, 0.15) is 50.0 Å². The third kappa shape index (κ3) is 2.72. The molecule has 0 aliphatic carbocycles. The first-order valence-corrected chi connectivity index (χ1v) is 7.88. The van der Waals surface area contributed by atoms with Crippen LogP contribution in [0.2, 0.25) is 0 Å². The summed E-state index contributed by atoms with van der Waals surface area (Å²) in [5, 5.41) is 3.67. The molecule has 0 amide bonds. The normalized spacial score (nSPS) is 31.4. The topological polar surface area (TPSA) is 41.1 Å². The minimum absolute atomic E-state index is 0.293. The summed E-state index contributed by atoms with van der Waals surface area (Å²) in [6.07, 6.45) is 9.06. The van der Waals surface area contributed by atoms with Crippen LogP contribution in [0, 0.1) is 12.8 Å². The Morgan fingerprint density at radius 1 is 1.25 bits per heavy atom. The number of aryl methyl sites for hydroxylation is 1. The van der Waals surface area contributed by atoms with Gasteiger partial charge in [0.25, 0.3) is 0 Å². The molecule has 2 bridgehead atoms. The van der Waals surface area contributed by atoms with Crippen molar-refractivity contribution in [3.63, 3.8) is 0 Å². The maximum Gasteiger partial charge on any atom is 0.0782 e. The molecule has 0 spiro atoms. The van der Waals surface area contributed by atoms with Crippen molar-refractivity contribution in [3.05, 3.63) is 23.8 Å². The maximum absolute atomic E-state index is 4.46. The summed E-state index contributed by atoms with van der Waals surface area (Å²) in [6, 6.07) is 1.95. The van der Waals surface area contributed by atoms with E-state index in [1.807, 2.05) is 6.92 Å². The van der Waals surface area contributed by atoms with Crippen molar-refractivity contribution in [2.75, 3.05) is 13.6 Å². The van der Waals surface area contributed by atoms with Crippen molar-refractivity contribution < 1.29 is 0 Å². The predicted octanol–water partition coefficient (Wildman–Crippen LogP) is 2.31. The number of aromatic nitrogens is 2. The zero-order valence-electron chi connectivity index (χ0n) is 12.8. The fraction of sp³-hybridized carbons (Fsp3) is 0.750. The molecule has 1 N–H and O–H groups in total. The van der Waals surface area contributed by atoms with Crippen LogP contribution in [0.25, 0.3) is 0 Å². The SMILES string of the molecule is Cc1nccnc1C(C)NCC1CC2CCC(C1)N2C. The smallest absolute Gasteiger partial charge is 0.0782 e. The fourth-order valence-electron chi connectivity index (χ4n) is 3.97. The van der Waals surface area contributed by atoms with Gasteiger partial charge in [-0.15, -0.1) is 0 Å². The van der Waals surface area contributed by atoms with Crippen LogP contribution in [-0.4, -0.2) is 40.5 Å². The molecular weight excluding hydrogens is 248 g/mol. The van der Waals surface area contributed by atoms with Gasteiger partial charge in [-0.25, -0.2) is 0 Å². The van der Waals surface area contributed by atoms with E-state index in [0.29, 0.717) is 6.04 Å². The van der Waals surface area contributed by atoms with Crippen LogP contribution in [-0.2, 0) is 0 Å². The summed E-state index contributed by atoms with van der Waals surface area (Å²) in [7, 11) is 2.30. The van der Waals surface area contributed by atoms with Crippen molar-refractivity contribution in [3.8, 4) is 0 Å². The third-order valence-corrected chi connectivity index (χ3v) is 5.24.